The number of halogens is 2. The number of aryl methyl sites for hydroxylation is 1. The maximum Gasteiger partial charge on any atom is 0.310 e. The van der Waals surface area contributed by atoms with E-state index in [0.29, 0.717) is 17.1 Å². The molecule has 0 saturated carbocycles. The molecule has 0 aromatic heterocycles. The molecule has 2 bridgehead atoms. The van der Waals surface area contributed by atoms with Gasteiger partial charge < -0.3 is 24.7 Å². The number of carbonyl (C=O) groups is 3. The van der Waals surface area contributed by atoms with Crippen molar-refractivity contribution in [3.05, 3.63) is 41.4 Å². The van der Waals surface area contributed by atoms with Gasteiger partial charge in [-0.1, -0.05) is 45.7 Å². The van der Waals surface area contributed by atoms with Crippen LogP contribution in [0.1, 0.15) is 18.9 Å². The van der Waals surface area contributed by atoms with Crippen LogP contribution >= 0.6 is 27.5 Å². The molecule has 8 nitrogen and oxygen atoms in total. The van der Waals surface area contributed by atoms with Crippen molar-refractivity contribution in [1.82, 2.24) is 4.90 Å². The molecule has 3 aliphatic rings. The monoisotopic (exact) mass is 540 g/mol. The molecule has 2 N–H and O–H groups in total. The minimum absolute atomic E-state index is 0.125. The quantitative estimate of drug-likeness (QED) is 0.405. The summed E-state index contributed by atoms with van der Waals surface area (Å²) in [6, 6.07) is 3.44. The first kappa shape index (κ1) is 24.2. The van der Waals surface area contributed by atoms with E-state index in [2.05, 4.69) is 22.5 Å². The van der Waals surface area contributed by atoms with Crippen molar-refractivity contribution in [2.45, 2.75) is 48.9 Å². The average molecular weight is 542 g/mol. The van der Waals surface area contributed by atoms with Crippen molar-refractivity contribution in [3.8, 4) is 0 Å². The normalized spacial score (nSPS) is 33.2. The van der Waals surface area contributed by atoms with Crippen LogP contribution in [0.5, 0.6) is 0 Å². The Morgan fingerprint density at radius 1 is 1.48 bits per heavy atom. The molecular weight excluding hydrogens is 516 g/mol. The predicted molar refractivity (Wildman–Crippen MR) is 125 cm³/mol. The number of alkyl halides is 1. The zero-order valence-corrected chi connectivity index (χ0v) is 20.6. The summed E-state index contributed by atoms with van der Waals surface area (Å²) in [4.78, 5) is 42.4. The molecular formula is C23H26BrClN2O6. The number of carbonyl (C=O) groups excluding carboxylic acids is 2. The number of rotatable bonds is 7. The Morgan fingerprint density at radius 3 is 2.76 bits per heavy atom. The van der Waals surface area contributed by atoms with E-state index in [0.717, 1.165) is 5.56 Å². The number of hydrogen-bond acceptors (Lipinski definition) is 5. The summed E-state index contributed by atoms with van der Waals surface area (Å²) >= 11 is 9.99. The smallest absolute Gasteiger partial charge is 0.310 e. The van der Waals surface area contributed by atoms with Crippen LogP contribution < -0.4 is 4.90 Å². The molecule has 1 spiro atoms. The molecule has 0 aliphatic carbocycles. The fourth-order valence-electron chi connectivity index (χ4n) is 5.72. The fraction of sp³-hybridized carbons (Fsp3) is 0.522. The largest absolute Gasteiger partial charge is 0.481 e. The highest BCUT2D eigenvalue weighted by Gasteiger charge is 2.77. The summed E-state index contributed by atoms with van der Waals surface area (Å²) in [5.41, 5.74) is -0.0735. The number of fused-ring (bicyclic) bond motifs is 1. The van der Waals surface area contributed by atoms with Gasteiger partial charge in [-0.25, -0.2) is 0 Å². The molecule has 178 valence electrons. The van der Waals surface area contributed by atoms with Gasteiger partial charge in [-0.3, -0.25) is 14.4 Å². The number of nitrogens with zero attached hydrogens (tertiary/aromatic N) is 2. The highest BCUT2D eigenvalue weighted by atomic mass is 79.9. The number of aliphatic hydroxyl groups excluding tert-OH is 1. The van der Waals surface area contributed by atoms with E-state index in [1.54, 1.807) is 25.1 Å². The number of amides is 2. The van der Waals surface area contributed by atoms with E-state index in [1.807, 2.05) is 13.0 Å². The zero-order valence-electron chi connectivity index (χ0n) is 18.3. The van der Waals surface area contributed by atoms with Gasteiger partial charge >= 0.3 is 5.97 Å². The van der Waals surface area contributed by atoms with E-state index in [1.165, 1.54) is 9.80 Å². The average Bonchev–Trinajstić information content (AvgIpc) is 3.35. The number of anilines is 1. The topological polar surface area (TPSA) is 107 Å². The molecule has 1 aromatic carbocycles. The SMILES string of the molecule is C=CCN(C(=O)C1N([C@H](C)CO)C(=O)[C@@H]2[C@H](C(=O)O)[C@H]3OC12CC3Br)c1c(C)cccc1Cl. The molecule has 7 atom stereocenters. The molecule has 2 amide bonds. The highest BCUT2D eigenvalue weighted by Crippen LogP contribution is 2.60. The Labute approximate surface area is 205 Å². The first-order chi connectivity index (χ1) is 15.6. The maximum absolute atomic E-state index is 14.2. The number of benzene rings is 1. The van der Waals surface area contributed by atoms with E-state index < -0.39 is 53.4 Å². The molecule has 3 aliphatic heterocycles. The number of aliphatic hydroxyl groups is 1. The van der Waals surface area contributed by atoms with E-state index in [-0.39, 0.29) is 18.0 Å². The van der Waals surface area contributed by atoms with Gasteiger partial charge in [0.25, 0.3) is 5.91 Å². The summed E-state index contributed by atoms with van der Waals surface area (Å²) < 4.78 is 6.25. The lowest BCUT2D eigenvalue weighted by Crippen LogP contribution is -2.59. The summed E-state index contributed by atoms with van der Waals surface area (Å²) in [5, 5.41) is 20.2. The first-order valence-corrected chi connectivity index (χ1v) is 12.0. The molecule has 3 unspecified atom stereocenters. The van der Waals surface area contributed by atoms with Gasteiger partial charge in [-0.2, -0.15) is 0 Å². The van der Waals surface area contributed by atoms with Gasteiger partial charge in [-0.05, 0) is 31.9 Å². The van der Waals surface area contributed by atoms with Crippen molar-refractivity contribution < 1.29 is 29.3 Å². The minimum Gasteiger partial charge on any atom is -0.481 e. The Kier molecular flexibility index (Phi) is 6.37. The van der Waals surface area contributed by atoms with Crippen LogP contribution in [0.2, 0.25) is 5.02 Å². The van der Waals surface area contributed by atoms with E-state index >= 15 is 0 Å². The lowest BCUT2D eigenvalue weighted by Gasteiger charge is -2.39. The number of carboxylic acids is 1. The third-order valence-corrected chi connectivity index (χ3v) is 8.17. The van der Waals surface area contributed by atoms with Crippen molar-refractivity contribution in [2.24, 2.45) is 11.8 Å². The fourth-order valence-corrected chi connectivity index (χ4v) is 6.99. The second kappa shape index (κ2) is 8.69. The van der Waals surface area contributed by atoms with Gasteiger partial charge in [0.2, 0.25) is 5.91 Å². The molecule has 0 radical (unpaired) electrons. The number of aliphatic carboxylic acids is 1. The summed E-state index contributed by atoms with van der Waals surface area (Å²) in [7, 11) is 0. The van der Waals surface area contributed by atoms with Crippen molar-refractivity contribution >= 4 is 51.0 Å². The molecule has 3 fully saturated rings. The summed E-state index contributed by atoms with van der Waals surface area (Å²) in [5.74, 6) is -4.18. The maximum atomic E-state index is 14.2. The van der Waals surface area contributed by atoms with Gasteiger partial charge in [0.1, 0.15) is 11.6 Å². The van der Waals surface area contributed by atoms with Gasteiger partial charge in [-0.15, -0.1) is 6.58 Å². The van der Waals surface area contributed by atoms with Gasteiger partial charge in [0.05, 0.1) is 41.3 Å². The molecule has 33 heavy (non-hydrogen) atoms. The third kappa shape index (κ3) is 3.43. The predicted octanol–water partition coefficient (Wildman–Crippen LogP) is 2.38. The number of likely N-dealkylation sites (tertiary alicyclic amines) is 1. The Morgan fingerprint density at radius 2 is 2.18 bits per heavy atom. The van der Waals surface area contributed by atoms with Crippen LogP contribution in [-0.4, -0.2) is 74.7 Å². The third-order valence-electron chi connectivity index (χ3n) is 7.02. The van der Waals surface area contributed by atoms with E-state index in [4.69, 9.17) is 16.3 Å². The number of hydrogen-bond donors (Lipinski definition) is 2. The summed E-state index contributed by atoms with van der Waals surface area (Å²) in [6.45, 7) is 6.96. The van der Waals surface area contributed by atoms with Gasteiger partial charge in [0, 0.05) is 11.4 Å². The van der Waals surface area contributed by atoms with Crippen LogP contribution in [-0.2, 0) is 19.1 Å². The molecule has 3 heterocycles. The lowest BCUT2D eigenvalue weighted by molar-refractivity contribution is -0.150. The molecule has 10 heteroatoms. The van der Waals surface area contributed by atoms with Crippen LogP contribution in [0.4, 0.5) is 5.69 Å². The van der Waals surface area contributed by atoms with Crippen LogP contribution in [0.3, 0.4) is 0 Å². The number of carboxylic acid groups (broad SMARTS) is 1. The molecule has 3 saturated heterocycles. The van der Waals surface area contributed by atoms with Crippen LogP contribution in [0.15, 0.2) is 30.9 Å². The Bertz CT molecular complexity index is 1000. The highest BCUT2D eigenvalue weighted by molar-refractivity contribution is 9.09. The zero-order chi connectivity index (χ0) is 24.2. The number of ether oxygens (including phenoxy) is 1. The Balaban J connectivity index is 1.87. The van der Waals surface area contributed by atoms with Gasteiger partial charge in [0.15, 0.2) is 0 Å². The van der Waals surface area contributed by atoms with Crippen molar-refractivity contribution in [2.75, 3.05) is 18.1 Å². The lowest BCUT2D eigenvalue weighted by atomic mass is 9.70. The van der Waals surface area contributed by atoms with Crippen LogP contribution in [0, 0.1) is 18.8 Å². The second-order valence-electron chi connectivity index (χ2n) is 8.92. The summed E-state index contributed by atoms with van der Waals surface area (Å²) in [6.07, 6.45) is 1.13. The van der Waals surface area contributed by atoms with Crippen LogP contribution in [0.25, 0.3) is 0 Å². The Hall–Kier alpha value is -1.94. The first-order valence-electron chi connectivity index (χ1n) is 10.8. The van der Waals surface area contributed by atoms with Crippen molar-refractivity contribution in [3.63, 3.8) is 0 Å². The molecule has 1 aromatic rings. The standard InChI is InChI=1S/C23H26BrClN2O6/c1-4-8-26(17-11(2)6-5-7-14(17)25)21(30)19-23-9-13(24)18(33-23)15(22(31)32)16(23)20(29)27(19)12(3)10-28/h4-7,12-13,15-16,18-19,28H,1,8-10H2,2-3H3,(H,31,32)/t12-,13?,15+,16+,18+,19?,23?/m1/s1. The second-order valence-corrected chi connectivity index (χ2v) is 10.5. The van der Waals surface area contributed by atoms with Crippen molar-refractivity contribution in [1.29, 1.82) is 0 Å². The minimum atomic E-state index is -1.33. The molecule has 4 rings (SSSR count). The number of para-hydroxylation sites is 1. The van der Waals surface area contributed by atoms with E-state index in [9.17, 15) is 24.6 Å².